The van der Waals surface area contributed by atoms with Gasteiger partial charge in [0.05, 0.1) is 13.4 Å². The average molecular weight is 288 g/mol. The normalized spacial score (nSPS) is 10.6. The number of hydrogen-bond donors (Lipinski definition) is 2. The van der Waals surface area contributed by atoms with Gasteiger partial charge in [0.1, 0.15) is 5.69 Å². The number of methoxy groups -OCH3 is 1. The van der Waals surface area contributed by atoms with Gasteiger partial charge in [-0.15, -0.1) is 5.10 Å². The molecule has 0 bridgehead atoms. The van der Waals surface area contributed by atoms with Crippen molar-refractivity contribution in [3.63, 3.8) is 0 Å². The molecule has 9 nitrogen and oxygen atoms in total. The number of nitrogens with zero attached hydrogens (tertiary/aromatic N) is 4. The Morgan fingerprint density at radius 3 is 3.05 bits per heavy atom. The number of amides is 1. The maximum Gasteiger partial charge on any atom is 0.314 e. The molecule has 3 rings (SSSR count). The molecule has 0 fully saturated rings. The molecule has 0 spiro atoms. The van der Waals surface area contributed by atoms with Crippen molar-refractivity contribution in [1.29, 1.82) is 0 Å². The summed E-state index contributed by atoms with van der Waals surface area (Å²) >= 11 is 0. The summed E-state index contributed by atoms with van der Waals surface area (Å²) in [4.78, 5) is 16.0. The molecule has 21 heavy (non-hydrogen) atoms. The molecule has 2 N–H and O–H groups in total. The number of aromatic nitrogens is 5. The second-order valence-corrected chi connectivity index (χ2v) is 4.14. The van der Waals surface area contributed by atoms with E-state index in [4.69, 9.17) is 9.15 Å². The summed E-state index contributed by atoms with van der Waals surface area (Å²) in [5.74, 6) is 0.488. The smallest absolute Gasteiger partial charge is 0.314 e. The van der Waals surface area contributed by atoms with Crippen LogP contribution in [0.5, 0.6) is 6.01 Å². The van der Waals surface area contributed by atoms with Crippen molar-refractivity contribution in [2.75, 3.05) is 12.4 Å². The minimum atomic E-state index is -0.480. The van der Waals surface area contributed by atoms with Crippen molar-refractivity contribution < 1.29 is 13.9 Å². The summed E-state index contributed by atoms with van der Waals surface area (Å²) in [5.41, 5.74) is 0.655. The fourth-order valence-corrected chi connectivity index (χ4v) is 1.76. The second kappa shape index (κ2) is 5.12. The van der Waals surface area contributed by atoms with Crippen LogP contribution in [0.4, 0.5) is 5.82 Å². The van der Waals surface area contributed by atoms with Crippen LogP contribution in [0.3, 0.4) is 0 Å². The lowest BCUT2D eigenvalue weighted by Gasteiger charge is -1.95. The van der Waals surface area contributed by atoms with Crippen LogP contribution in [-0.4, -0.2) is 38.0 Å². The predicted molar refractivity (Wildman–Crippen MR) is 71.8 cm³/mol. The number of rotatable bonds is 4. The molecule has 0 aromatic carbocycles. The molecule has 3 aromatic rings. The van der Waals surface area contributed by atoms with Gasteiger partial charge >= 0.3 is 6.01 Å². The van der Waals surface area contributed by atoms with E-state index >= 15 is 0 Å². The average Bonchev–Trinajstić information content (AvgIpc) is 3.17. The Morgan fingerprint density at radius 2 is 2.38 bits per heavy atom. The first kappa shape index (κ1) is 12.9. The van der Waals surface area contributed by atoms with Gasteiger partial charge < -0.3 is 14.5 Å². The third kappa shape index (κ3) is 2.48. The Hall–Kier alpha value is -3.10. The standard InChI is InChI=1S/C12H12N6O3/c1-18-12(20-2)14-10(17-18)11(19)13-9-6-7(15-16-9)8-4-3-5-21-8/h3-6H,1-2H3,(H2,13,15,16,19). The topological polar surface area (TPSA) is 111 Å². The molecule has 3 aromatic heterocycles. The summed E-state index contributed by atoms with van der Waals surface area (Å²) in [5, 5.41) is 13.3. The highest BCUT2D eigenvalue weighted by Gasteiger charge is 2.17. The van der Waals surface area contributed by atoms with E-state index in [0.29, 0.717) is 17.3 Å². The zero-order chi connectivity index (χ0) is 14.8. The van der Waals surface area contributed by atoms with Gasteiger partial charge in [0, 0.05) is 13.1 Å². The van der Waals surface area contributed by atoms with Gasteiger partial charge in [-0.3, -0.25) is 9.89 Å². The third-order valence-electron chi connectivity index (χ3n) is 2.71. The van der Waals surface area contributed by atoms with Crippen LogP contribution in [0.1, 0.15) is 10.6 Å². The second-order valence-electron chi connectivity index (χ2n) is 4.14. The summed E-state index contributed by atoms with van der Waals surface area (Å²) in [6.45, 7) is 0. The van der Waals surface area contributed by atoms with Gasteiger partial charge in [0.25, 0.3) is 5.91 Å². The van der Waals surface area contributed by atoms with Crippen molar-refractivity contribution >= 4 is 11.7 Å². The number of H-pyrrole nitrogens is 1. The van der Waals surface area contributed by atoms with E-state index in [9.17, 15) is 4.79 Å². The SMILES string of the molecule is COc1nc(C(=O)Nc2cc(-c3ccco3)[nH]n2)nn1C. The van der Waals surface area contributed by atoms with Crippen LogP contribution in [0.15, 0.2) is 28.9 Å². The molecule has 0 atom stereocenters. The van der Waals surface area contributed by atoms with Crippen molar-refractivity contribution in [3.8, 4) is 17.5 Å². The highest BCUT2D eigenvalue weighted by Crippen LogP contribution is 2.20. The first-order valence-electron chi connectivity index (χ1n) is 6.03. The Bertz CT molecular complexity index is 758. The Balaban J connectivity index is 1.75. The molecule has 0 saturated heterocycles. The Labute approximate surface area is 118 Å². The Morgan fingerprint density at radius 1 is 1.52 bits per heavy atom. The molecule has 0 radical (unpaired) electrons. The van der Waals surface area contributed by atoms with Crippen LogP contribution in [0.2, 0.25) is 0 Å². The lowest BCUT2D eigenvalue weighted by Crippen LogP contribution is -2.14. The van der Waals surface area contributed by atoms with E-state index < -0.39 is 5.91 Å². The van der Waals surface area contributed by atoms with E-state index in [1.807, 2.05) is 0 Å². The van der Waals surface area contributed by atoms with E-state index in [2.05, 4.69) is 25.6 Å². The van der Waals surface area contributed by atoms with Crippen LogP contribution in [0, 0.1) is 0 Å². The zero-order valence-electron chi connectivity index (χ0n) is 11.3. The monoisotopic (exact) mass is 288 g/mol. The number of hydrogen-bond acceptors (Lipinski definition) is 6. The van der Waals surface area contributed by atoms with Gasteiger partial charge in [-0.25, -0.2) is 4.68 Å². The van der Waals surface area contributed by atoms with E-state index in [1.165, 1.54) is 11.8 Å². The summed E-state index contributed by atoms with van der Waals surface area (Å²) in [6, 6.07) is 5.44. The number of carbonyl (C=O) groups excluding carboxylic acids is 1. The van der Waals surface area contributed by atoms with Crippen LogP contribution < -0.4 is 10.1 Å². The highest BCUT2D eigenvalue weighted by molar-refractivity contribution is 6.01. The summed E-state index contributed by atoms with van der Waals surface area (Å²) in [6.07, 6.45) is 1.55. The predicted octanol–water partition coefficient (Wildman–Crippen LogP) is 1.06. The fourth-order valence-electron chi connectivity index (χ4n) is 1.76. The maximum absolute atomic E-state index is 12.0. The van der Waals surface area contributed by atoms with E-state index in [0.717, 1.165) is 0 Å². The van der Waals surface area contributed by atoms with Crippen LogP contribution in [-0.2, 0) is 7.05 Å². The number of furan rings is 1. The van der Waals surface area contributed by atoms with E-state index in [-0.39, 0.29) is 11.8 Å². The van der Waals surface area contributed by atoms with Crippen LogP contribution in [0.25, 0.3) is 11.5 Å². The molecule has 0 aliphatic rings. The van der Waals surface area contributed by atoms with E-state index in [1.54, 1.807) is 31.5 Å². The Kier molecular flexibility index (Phi) is 3.14. The minimum absolute atomic E-state index is 0.00287. The molecular weight excluding hydrogens is 276 g/mol. The molecule has 9 heteroatoms. The third-order valence-corrected chi connectivity index (χ3v) is 2.71. The largest absolute Gasteiger partial charge is 0.467 e. The molecule has 0 aliphatic heterocycles. The van der Waals surface area contributed by atoms with Crippen LogP contribution >= 0.6 is 0 Å². The number of anilines is 1. The van der Waals surface area contributed by atoms with Crippen molar-refractivity contribution in [2.24, 2.45) is 7.05 Å². The van der Waals surface area contributed by atoms with Crippen molar-refractivity contribution in [2.45, 2.75) is 0 Å². The lowest BCUT2D eigenvalue weighted by atomic mass is 10.3. The van der Waals surface area contributed by atoms with Gasteiger partial charge in [0.15, 0.2) is 11.6 Å². The molecule has 0 unspecified atom stereocenters. The number of carbonyl (C=O) groups is 1. The molecule has 1 amide bonds. The number of nitrogens with one attached hydrogen (secondary N) is 2. The van der Waals surface area contributed by atoms with Gasteiger partial charge in [-0.2, -0.15) is 10.1 Å². The quantitative estimate of drug-likeness (QED) is 0.742. The highest BCUT2D eigenvalue weighted by atomic mass is 16.5. The number of aromatic amines is 1. The van der Waals surface area contributed by atoms with Crippen molar-refractivity contribution in [3.05, 3.63) is 30.3 Å². The molecule has 0 aliphatic carbocycles. The maximum atomic E-state index is 12.0. The van der Waals surface area contributed by atoms with Crippen molar-refractivity contribution in [1.82, 2.24) is 25.0 Å². The molecule has 3 heterocycles. The van der Waals surface area contributed by atoms with Gasteiger partial charge in [-0.05, 0) is 12.1 Å². The lowest BCUT2D eigenvalue weighted by molar-refractivity contribution is 0.101. The molecule has 108 valence electrons. The summed E-state index contributed by atoms with van der Waals surface area (Å²) in [7, 11) is 3.08. The van der Waals surface area contributed by atoms with Gasteiger partial charge in [0.2, 0.25) is 5.82 Å². The van der Waals surface area contributed by atoms with Gasteiger partial charge in [-0.1, -0.05) is 0 Å². The molecule has 0 saturated carbocycles. The number of aryl methyl sites for hydroxylation is 1. The first-order chi connectivity index (χ1) is 10.2. The first-order valence-corrected chi connectivity index (χ1v) is 6.03. The zero-order valence-corrected chi connectivity index (χ0v) is 11.3. The summed E-state index contributed by atoms with van der Waals surface area (Å²) < 4.78 is 11.6. The minimum Gasteiger partial charge on any atom is -0.467 e. The fraction of sp³-hybridized carbons (Fsp3) is 0.167. The molecular formula is C12H12N6O3. The number of ether oxygens (including phenoxy) is 1.